The number of carbonyl (C=O) groups is 3. The number of carboxylic acid groups (broad SMARTS) is 1. The first-order valence-corrected chi connectivity index (χ1v) is 10.1. The lowest BCUT2D eigenvalue weighted by atomic mass is 9.81. The molecule has 0 unspecified atom stereocenters. The molecule has 1 aliphatic carbocycles. The summed E-state index contributed by atoms with van der Waals surface area (Å²) in [6.45, 7) is 1.26. The highest BCUT2D eigenvalue weighted by molar-refractivity contribution is 7.07. The maximum absolute atomic E-state index is 12.7. The van der Waals surface area contributed by atoms with E-state index in [1.807, 2.05) is 5.38 Å². The number of aromatic nitrogens is 1. The number of hydrogen-bond acceptors (Lipinski definition) is 5. The molecule has 3 heterocycles. The van der Waals surface area contributed by atoms with Crippen molar-refractivity contribution in [1.29, 1.82) is 0 Å². The number of carboxylic acids is 1. The van der Waals surface area contributed by atoms with Gasteiger partial charge in [0.15, 0.2) is 0 Å². The fourth-order valence-corrected chi connectivity index (χ4v) is 5.31. The van der Waals surface area contributed by atoms with Crippen molar-refractivity contribution in [3.8, 4) is 0 Å². The Balaban J connectivity index is 1.45. The zero-order chi connectivity index (χ0) is 18.3. The summed E-state index contributed by atoms with van der Waals surface area (Å²) in [4.78, 5) is 44.9. The summed E-state index contributed by atoms with van der Waals surface area (Å²) in [5.41, 5.74) is 1.39. The zero-order valence-electron chi connectivity index (χ0n) is 14.6. The standard InChI is InChI=1S/C18H23N3O4S/c22-15(5-14-8-26-11-19-14)20-6-13-7-21(10-18(13,9-20)17(24)25)16(23)12-3-1-2-4-12/h8,11-13H,1-7,9-10H2,(H,24,25)/t13-,18-/m0/s1. The van der Waals surface area contributed by atoms with Crippen LogP contribution in [0.1, 0.15) is 31.4 Å². The third kappa shape index (κ3) is 2.90. The smallest absolute Gasteiger partial charge is 0.313 e. The van der Waals surface area contributed by atoms with Crippen LogP contribution in [0.4, 0.5) is 0 Å². The fraction of sp³-hybridized carbons (Fsp3) is 0.667. The number of likely N-dealkylation sites (tertiary alicyclic amines) is 2. The van der Waals surface area contributed by atoms with E-state index >= 15 is 0 Å². The van der Waals surface area contributed by atoms with E-state index < -0.39 is 11.4 Å². The lowest BCUT2D eigenvalue weighted by Crippen LogP contribution is -2.44. The van der Waals surface area contributed by atoms with Gasteiger partial charge < -0.3 is 14.9 Å². The Morgan fingerprint density at radius 2 is 1.88 bits per heavy atom. The van der Waals surface area contributed by atoms with Crippen molar-refractivity contribution in [1.82, 2.24) is 14.8 Å². The molecule has 140 valence electrons. The maximum atomic E-state index is 12.7. The van der Waals surface area contributed by atoms with Crippen LogP contribution in [-0.4, -0.2) is 63.9 Å². The minimum Gasteiger partial charge on any atom is -0.481 e. The monoisotopic (exact) mass is 377 g/mol. The van der Waals surface area contributed by atoms with Crippen molar-refractivity contribution in [3.63, 3.8) is 0 Å². The Labute approximate surface area is 156 Å². The minimum atomic E-state index is -1.02. The average molecular weight is 377 g/mol. The molecule has 8 heteroatoms. The van der Waals surface area contributed by atoms with Crippen LogP contribution in [0.15, 0.2) is 10.9 Å². The second kappa shape index (κ2) is 6.64. The van der Waals surface area contributed by atoms with Gasteiger partial charge in [0.1, 0.15) is 5.41 Å². The maximum Gasteiger partial charge on any atom is 0.313 e. The molecule has 3 fully saturated rings. The molecular weight excluding hydrogens is 354 g/mol. The molecule has 1 aromatic rings. The molecule has 1 saturated carbocycles. The van der Waals surface area contributed by atoms with Crippen LogP contribution in [0.25, 0.3) is 0 Å². The van der Waals surface area contributed by atoms with Crippen LogP contribution >= 0.6 is 11.3 Å². The summed E-state index contributed by atoms with van der Waals surface area (Å²) in [6, 6.07) is 0. The highest BCUT2D eigenvalue weighted by Crippen LogP contribution is 2.44. The van der Waals surface area contributed by atoms with Gasteiger partial charge in [0.2, 0.25) is 11.8 Å². The third-order valence-corrected chi connectivity index (χ3v) is 6.85. The second-order valence-electron chi connectivity index (χ2n) is 7.79. The molecule has 0 bridgehead atoms. The number of nitrogens with zero attached hydrogens (tertiary/aromatic N) is 3. The number of amides is 2. The van der Waals surface area contributed by atoms with Crippen LogP contribution < -0.4 is 0 Å². The van der Waals surface area contributed by atoms with Gasteiger partial charge in [-0.15, -0.1) is 11.3 Å². The summed E-state index contributed by atoms with van der Waals surface area (Å²) < 4.78 is 0. The van der Waals surface area contributed by atoms with Gasteiger partial charge in [-0.2, -0.15) is 0 Å². The number of aliphatic carboxylic acids is 1. The zero-order valence-corrected chi connectivity index (χ0v) is 15.4. The topological polar surface area (TPSA) is 90.8 Å². The van der Waals surface area contributed by atoms with Crippen molar-refractivity contribution in [3.05, 3.63) is 16.6 Å². The molecule has 7 nitrogen and oxygen atoms in total. The van der Waals surface area contributed by atoms with Crippen molar-refractivity contribution in [2.45, 2.75) is 32.1 Å². The molecule has 26 heavy (non-hydrogen) atoms. The van der Waals surface area contributed by atoms with Gasteiger partial charge in [-0.3, -0.25) is 14.4 Å². The Morgan fingerprint density at radius 3 is 2.50 bits per heavy atom. The van der Waals surface area contributed by atoms with Crippen molar-refractivity contribution in [2.24, 2.45) is 17.3 Å². The minimum absolute atomic E-state index is 0.0575. The van der Waals surface area contributed by atoms with Gasteiger partial charge in [-0.05, 0) is 12.8 Å². The molecule has 0 aromatic carbocycles. The Bertz CT molecular complexity index is 716. The normalized spacial score (nSPS) is 28.5. The highest BCUT2D eigenvalue weighted by atomic mass is 32.1. The molecule has 2 saturated heterocycles. The quantitative estimate of drug-likeness (QED) is 0.853. The second-order valence-corrected chi connectivity index (χ2v) is 8.51. The van der Waals surface area contributed by atoms with E-state index in [9.17, 15) is 19.5 Å². The number of fused-ring (bicyclic) bond motifs is 1. The molecule has 2 aliphatic heterocycles. The van der Waals surface area contributed by atoms with Crippen LogP contribution in [0, 0.1) is 17.3 Å². The molecule has 4 rings (SSSR count). The van der Waals surface area contributed by atoms with Gasteiger partial charge in [0, 0.05) is 43.4 Å². The first-order valence-electron chi connectivity index (χ1n) is 9.16. The summed E-state index contributed by atoms with van der Waals surface area (Å²) in [5, 5.41) is 11.7. The fourth-order valence-electron chi connectivity index (χ4n) is 4.75. The largest absolute Gasteiger partial charge is 0.481 e. The van der Waals surface area contributed by atoms with Crippen LogP contribution in [0.5, 0.6) is 0 Å². The SMILES string of the molecule is O=C(Cc1cscn1)N1C[C@H]2CN(C(=O)C3CCCC3)C[C@@]2(C(=O)O)C1. The van der Waals surface area contributed by atoms with Gasteiger partial charge in [-0.25, -0.2) is 4.98 Å². The molecule has 1 aromatic heterocycles. The number of carbonyl (C=O) groups excluding carboxylic acids is 2. The first-order chi connectivity index (χ1) is 12.5. The van der Waals surface area contributed by atoms with Crippen LogP contribution in [-0.2, 0) is 20.8 Å². The third-order valence-electron chi connectivity index (χ3n) is 6.22. The summed E-state index contributed by atoms with van der Waals surface area (Å²) >= 11 is 1.44. The Kier molecular flexibility index (Phi) is 4.46. The Hall–Kier alpha value is -1.96. The van der Waals surface area contributed by atoms with E-state index in [-0.39, 0.29) is 43.2 Å². The van der Waals surface area contributed by atoms with Gasteiger partial charge in [-0.1, -0.05) is 12.8 Å². The molecule has 2 atom stereocenters. The molecule has 3 aliphatic rings. The van der Waals surface area contributed by atoms with Crippen LogP contribution in [0.2, 0.25) is 0 Å². The Morgan fingerprint density at radius 1 is 1.19 bits per heavy atom. The lowest BCUT2D eigenvalue weighted by Gasteiger charge is -2.26. The number of hydrogen-bond donors (Lipinski definition) is 1. The average Bonchev–Trinajstić information content (AvgIpc) is 3.36. The molecular formula is C18H23N3O4S. The molecule has 1 N–H and O–H groups in total. The number of rotatable bonds is 4. The highest BCUT2D eigenvalue weighted by Gasteiger charge is 2.59. The summed E-state index contributed by atoms with van der Waals surface area (Å²) in [7, 11) is 0. The molecule has 0 radical (unpaired) electrons. The van der Waals surface area contributed by atoms with Gasteiger partial charge in [0.25, 0.3) is 0 Å². The van der Waals surface area contributed by atoms with Gasteiger partial charge >= 0.3 is 5.97 Å². The molecule has 0 spiro atoms. The van der Waals surface area contributed by atoms with Crippen molar-refractivity contribution in [2.75, 3.05) is 26.2 Å². The summed E-state index contributed by atoms with van der Waals surface area (Å²) in [5.74, 6) is -1.00. The van der Waals surface area contributed by atoms with Crippen molar-refractivity contribution >= 4 is 29.1 Å². The van der Waals surface area contributed by atoms with E-state index in [0.29, 0.717) is 13.1 Å². The summed E-state index contributed by atoms with van der Waals surface area (Å²) in [6.07, 6.45) is 4.20. The van der Waals surface area contributed by atoms with Crippen molar-refractivity contribution < 1.29 is 19.5 Å². The van der Waals surface area contributed by atoms with E-state index in [4.69, 9.17) is 0 Å². The van der Waals surface area contributed by atoms with E-state index in [1.54, 1.807) is 15.3 Å². The molecule has 2 amide bonds. The first kappa shape index (κ1) is 17.5. The van der Waals surface area contributed by atoms with E-state index in [2.05, 4.69) is 4.98 Å². The number of thiazole rings is 1. The van der Waals surface area contributed by atoms with E-state index in [1.165, 1.54) is 11.3 Å². The predicted molar refractivity (Wildman–Crippen MR) is 94.5 cm³/mol. The van der Waals surface area contributed by atoms with E-state index in [0.717, 1.165) is 31.4 Å². The lowest BCUT2D eigenvalue weighted by molar-refractivity contribution is -0.149. The van der Waals surface area contributed by atoms with Gasteiger partial charge in [0.05, 0.1) is 17.6 Å². The predicted octanol–water partition coefficient (Wildman–Crippen LogP) is 1.25. The van der Waals surface area contributed by atoms with Crippen LogP contribution in [0.3, 0.4) is 0 Å².